The van der Waals surface area contributed by atoms with E-state index in [0.717, 1.165) is 44.0 Å². The van der Waals surface area contributed by atoms with Crippen LogP contribution in [0.1, 0.15) is 5.56 Å². The Morgan fingerprint density at radius 1 is 1.00 bits per heavy atom. The summed E-state index contributed by atoms with van der Waals surface area (Å²) in [6, 6.07) is 8.45. The molecule has 1 aromatic carbocycles. The predicted molar refractivity (Wildman–Crippen MR) is 93.5 cm³/mol. The van der Waals surface area contributed by atoms with Crippen LogP contribution in [0.25, 0.3) is 11.3 Å². The minimum absolute atomic E-state index is 0.925. The van der Waals surface area contributed by atoms with Crippen molar-refractivity contribution in [2.45, 2.75) is 6.54 Å². The Balaban J connectivity index is 1.48. The Morgan fingerprint density at radius 3 is 2.62 bits per heavy atom. The summed E-state index contributed by atoms with van der Waals surface area (Å²) in [4.78, 5) is 13.6. The number of hydrogen-bond acceptors (Lipinski definition) is 5. The van der Waals surface area contributed by atoms with E-state index >= 15 is 0 Å². The number of aromatic nitrogens is 4. The second kappa shape index (κ2) is 6.80. The van der Waals surface area contributed by atoms with Crippen molar-refractivity contribution in [1.82, 2.24) is 25.1 Å². The van der Waals surface area contributed by atoms with Crippen LogP contribution >= 0.6 is 0 Å². The van der Waals surface area contributed by atoms with Crippen molar-refractivity contribution in [1.29, 1.82) is 0 Å². The van der Waals surface area contributed by atoms with Gasteiger partial charge in [0.15, 0.2) is 0 Å². The molecular formula is C18H20N6. The second-order valence-electron chi connectivity index (χ2n) is 5.98. The van der Waals surface area contributed by atoms with Gasteiger partial charge >= 0.3 is 0 Å². The number of para-hydroxylation sites is 1. The van der Waals surface area contributed by atoms with E-state index in [4.69, 9.17) is 0 Å². The molecule has 4 rings (SSSR count). The topological polar surface area (TPSA) is 60.9 Å². The van der Waals surface area contributed by atoms with Crippen molar-refractivity contribution < 1.29 is 0 Å². The van der Waals surface area contributed by atoms with Gasteiger partial charge in [0.05, 0.1) is 18.1 Å². The van der Waals surface area contributed by atoms with E-state index < -0.39 is 0 Å². The van der Waals surface area contributed by atoms with Gasteiger partial charge in [-0.2, -0.15) is 5.10 Å². The second-order valence-corrected chi connectivity index (χ2v) is 5.98. The third kappa shape index (κ3) is 3.14. The van der Waals surface area contributed by atoms with Crippen LogP contribution in [0.4, 0.5) is 5.69 Å². The Kier molecular flexibility index (Phi) is 4.20. The van der Waals surface area contributed by atoms with Crippen LogP contribution in [0, 0.1) is 0 Å². The van der Waals surface area contributed by atoms with E-state index in [1.807, 2.05) is 18.6 Å². The predicted octanol–water partition coefficient (Wildman–Crippen LogP) is 2.19. The summed E-state index contributed by atoms with van der Waals surface area (Å²) < 4.78 is 0. The fraction of sp³-hybridized carbons (Fsp3) is 0.278. The van der Waals surface area contributed by atoms with Crippen molar-refractivity contribution >= 4 is 5.69 Å². The monoisotopic (exact) mass is 320 g/mol. The van der Waals surface area contributed by atoms with Crippen LogP contribution < -0.4 is 4.90 Å². The summed E-state index contributed by atoms with van der Waals surface area (Å²) in [6.45, 7) is 5.06. The Bertz CT molecular complexity index is 763. The number of rotatable bonds is 4. The van der Waals surface area contributed by atoms with Crippen LogP contribution in [0.5, 0.6) is 0 Å². The highest BCUT2D eigenvalue weighted by molar-refractivity contribution is 5.76. The van der Waals surface area contributed by atoms with E-state index in [0.29, 0.717) is 0 Å². The molecule has 122 valence electrons. The van der Waals surface area contributed by atoms with E-state index in [2.05, 4.69) is 54.2 Å². The number of aromatic amines is 1. The maximum absolute atomic E-state index is 4.46. The zero-order chi connectivity index (χ0) is 16.2. The zero-order valence-corrected chi connectivity index (χ0v) is 13.5. The van der Waals surface area contributed by atoms with Crippen molar-refractivity contribution in [2.75, 3.05) is 31.1 Å². The summed E-state index contributed by atoms with van der Waals surface area (Å²) in [6.07, 6.45) is 9.15. The molecule has 6 nitrogen and oxygen atoms in total. The number of nitrogens with zero attached hydrogens (tertiary/aromatic N) is 5. The number of H-pyrrole nitrogens is 1. The van der Waals surface area contributed by atoms with Crippen LogP contribution in [0.2, 0.25) is 0 Å². The number of benzene rings is 1. The summed E-state index contributed by atoms with van der Waals surface area (Å²) in [5, 5.41) is 6.90. The third-order valence-corrected chi connectivity index (χ3v) is 4.42. The summed E-state index contributed by atoms with van der Waals surface area (Å²) in [5.41, 5.74) is 4.55. The molecule has 0 bridgehead atoms. The van der Waals surface area contributed by atoms with Crippen LogP contribution in [-0.4, -0.2) is 51.2 Å². The van der Waals surface area contributed by atoms with Gasteiger partial charge in [-0.05, 0) is 6.07 Å². The molecule has 0 spiro atoms. The fourth-order valence-corrected chi connectivity index (χ4v) is 3.17. The van der Waals surface area contributed by atoms with Gasteiger partial charge in [0, 0.05) is 68.1 Å². The fourth-order valence-electron chi connectivity index (χ4n) is 3.17. The number of piperazine rings is 1. The molecule has 24 heavy (non-hydrogen) atoms. The largest absolute Gasteiger partial charge is 0.368 e. The molecular weight excluding hydrogens is 300 g/mol. The standard InChI is InChI=1S/C18H20N6/c1-2-4-18(16(3-1)17-13-19-5-6-20-17)24-9-7-23(8-10-24)14-15-11-21-22-12-15/h1-6,11-13H,7-10,14H2,(H,21,22). The lowest BCUT2D eigenvalue weighted by Gasteiger charge is -2.36. The van der Waals surface area contributed by atoms with Crippen LogP contribution in [0.3, 0.4) is 0 Å². The highest BCUT2D eigenvalue weighted by Crippen LogP contribution is 2.29. The van der Waals surface area contributed by atoms with Gasteiger partial charge in [0.1, 0.15) is 0 Å². The van der Waals surface area contributed by atoms with Gasteiger partial charge in [-0.3, -0.25) is 20.0 Å². The quantitative estimate of drug-likeness (QED) is 0.798. The van der Waals surface area contributed by atoms with E-state index in [1.54, 1.807) is 12.4 Å². The maximum atomic E-state index is 4.46. The molecule has 0 radical (unpaired) electrons. The highest BCUT2D eigenvalue weighted by Gasteiger charge is 2.20. The minimum atomic E-state index is 0.925. The zero-order valence-electron chi connectivity index (χ0n) is 13.5. The maximum Gasteiger partial charge on any atom is 0.0905 e. The van der Waals surface area contributed by atoms with Crippen molar-refractivity contribution in [3.63, 3.8) is 0 Å². The Hall–Kier alpha value is -2.73. The Morgan fingerprint density at radius 2 is 1.88 bits per heavy atom. The van der Waals surface area contributed by atoms with E-state index in [9.17, 15) is 0 Å². The molecule has 3 heterocycles. The molecule has 0 aliphatic carbocycles. The van der Waals surface area contributed by atoms with Crippen LogP contribution in [0.15, 0.2) is 55.2 Å². The lowest BCUT2D eigenvalue weighted by Crippen LogP contribution is -2.46. The molecule has 1 aliphatic rings. The van der Waals surface area contributed by atoms with E-state index in [-0.39, 0.29) is 0 Å². The average molecular weight is 320 g/mol. The molecule has 2 aromatic heterocycles. The summed E-state index contributed by atoms with van der Waals surface area (Å²) >= 11 is 0. The van der Waals surface area contributed by atoms with Gasteiger partial charge in [0.2, 0.25) is 0 Å². The molecule has 0 amide bonds. The molecule has 0 unspecified atom stereocenters. The van der Waals surface area contributed by atoms with E-state index in [1.165, 1.54) is 11.3 Å². The minimum Gasteiger partial charge on any atom is -0.368 e. The summed E-state index contributed by atoms with van der Waals surface area (Å²) in [7, 11) is 0. The number of anilines is 1. The molecule has 1 saturated heterocycles. The first-order valence-corrected chi connectivity index (χ1v) is 8.20. The van der Waals surface area contributed by atoms with Gasteiger partial charge < -0.3 is 4.90 Å². The first kappa shape index (κ1) is 14.8. The molecule has 6 heteroatoms. The van der Waals surface area contributed by atoms with Gasteiger partial charge in [-0.15, -0.1) is 0 Å². The van der Waals surface area contributed by atoms with Gasteiger partial charge in [0.25, 0.3) is 0 Å². The molecule has 3 aromatic rings. The lowest BCUT2D eigenvalue weighted by atomic mass is 10.1. The van der Waals surface area contributed by atoms with Gasteiger partial charge in [-0.1, -0.05) is 18.2 Å². The highest BCUT2D eigenvalue weighted by atomic mass is 15.3. The first-order chi connectivity index (χ1) is 11.9. The molecule has 0 saturated carbocycles. The molecule has 1 N–H and O–H groups in total. The molecule has 1 fully saturated rings. The average Bonchev–Trinajstić information content (AvgIpc) is 3.16. The Labute approximate surface area is 141 Å². The lowest BCUT2D eigenvalue weighted by molar-refractivity contribution is 0.250. The molecule has 0 atom stereocenters. The molecule has 1 aliphatic heterocycles. The first-order valence-electron chi connectivity index (χ1n) is 8.20. The van der Waals surface area contributed by atoms with Crippen molar-refractivity contribution in [3.8, 4) is 11.3 Å². The normalized spacial score (nSPS) is 15.6. The van der Waals surface area contributed by atoms with Gasteiger partial charge in [-0.25, -0.2) is 0 Å². The third-order valence-electron chi connectivity index (χ3n) is 4.42. The van der Waals surface area contributed by atoms with Crippen LogP contribution in [-0.2, 0) is 6.54 Å². The summed E-state index contributed by atoms with van der Waals surface area (Å²) in [5.74, 6) is 0. The number of nitrogens with one attached hydrogen (secondary N) is 1. The van der Waals surface area contributed by atoms with Crippen molar-refractivity contribution in [3.05, 3.63) is 60.8 Å². The van der Waals surface area contributed by atoms with Crippen molar-refractivity contribution in [2.24, 2.45) is 0 Å². The SMILES string of the molecule is c1ccc(N2CCN(Cc3cn[nH]c3)CC2)c(-c2cnccn2)c1. The number of hydrogen-bond donors (Lipinski definition) is 1. The smallest absolute Gasteiger partial charge is 0.0905 e.